The first-order valence-corrected chi connectivity index (χ1v) is 13.1. The zero-order valence-corrected chi connectivity index (χ0v) is 20.1. The molecule has 0 saturated carbocycles. The molecule has 6 aromatic carbocycles. The number of rotatable bonds is 6. The summed E-state index contributed by atoms with van der Waals surface area (Å²) in [7, 11) is -0.156. The van der Waals surface area contributed by atoms with Crippen molar-refractivity contribution in [2.45, 2.75) is 21.3 Å². The van der Waals surface area contributed by atoms with Gasteiger partial charge in [0.05, 0.1) is 10.9 Å². The molecule has 0 spiro atoms. The van der Waals surface area contributed by atoms with Crippen LogP contribution in [-0.4, -0.2) is 0 Å². The lowest BCUT2D eigenvalue weighted by molar-refractivity contribution is 0.309. The van der Waals surface area contributed by atoms with Crippen LogP contribution in [0.1, 0.15) is 5.56 Å². The third kappa shape index (κ3) is 4.41. The summed E-state index contributed by atoms with van der Waals surface area (Å²) in [6.45, 7) is 0.532. The van der Waals surface area contributed by atoms with Gasteiger partial charge in [0.2, 0.25) is 0 Å². The molecule has 168 valence electrons. The molecule has 0 atom stereocenters. The van der Waals surface area contributed by atoms with Crippen LogP contribution < -0.4 is 4.74 Å². The summed E-state index contributed by atoms with van der Waals surface area (Å²) in [5.41, 5.74) is 1.23. The molecule has 0 aliphatic heterocycles. The lowest BCUT2D eigenvalue weighted by Crippen LogP contribution is -2.04. The molecule has 0 aliphatic rings. The van der Waals surface area contributed by atoms with Crippen LogP contribution in [0.5, 0.6) is 5.75 Å². The van der Waals surface area contributed by atoms with Gasteiger partial charge in [-0.15, -0.1) is 0 Å². The highest BCUT2D eigenvalue weighted by Crippen LogP contribution is 2.33. The van der Waals surface area contributed by atoms with Crippen molar-refractivity contribution in [1.29, 1.82) is 0 Å². The minimum Gasteiger partial charge on any atom is -0.489 e. The first-order valence-electron chi connectivity index (χ1n) is 11.8. The summed E-state index contributed by atoms with van der Waals surface area (Å²) in [5, 5.41) is 4.99. The van der Waals surface area contributed by atoms with E-state index in [1.165, 1.54) is 41.8 Å². The molecule has 0 unspecified atom stereocenters. The van der Waals surface area contributed by atoms with Gasteiger partial charge in [-0.05, 0) is 76.1 Å². The molecule has 0 N–H and O–H groups in total. The predicted octanol–water partition coefficient (Wildman–Crippen LogP) is 8.67. The second-order valence-electron chi connectivity index (χ2n) is 8.49. The van der Waals surface area contributed by atoms with Crippen LogP contribution in [0.25, 0.3) is 21.5 Å². The SMILES string of the molecule is c1ccc([S+](c2ccccc2)c2ccc(OCc3c4ccccc4cc4ccccc34)cc2)cc1. The molecule has 6 rings (SSSR count). The van der Waals surface area contributed by atoms with Crippen LogP contribution in [-0.2, 0) is 17.5 Å². The van der Waals surface area contributed by atoms with Crippen molar-refractivity contribution >= 4 is 32.4 Å². The number of benzene rings is 6. The Bertz CT molecular complexity index is 1480. The molecule has 0 heterocycles. The highest BCUT2D eigenvalue weighted by Gasteiger charge is 2.28. The van der Waals surface area contributed by atoms with Crippen molar-refractivity contribution < 1.29 is 4.74 Å². The molecule has 0 amide bonds. The number of hydrogen-bond acceptors (Lipinski definition) is 1. The van der Waals surface area contributed by atoms with Gasteiger partial charge in [-0.1, -0.05) is 84.9 Å². The maximum Gasteiger partial charge on any atom is 0.166 e. The Morgan fingerprint density at radius 2 is 0.914 bits per heavy atom. The van der Waals surface area contributed by atoms with Gasteiger partial charge >= 0.3 is 0 Å². The molecule has 0 aromatic heterocycles. The van der Waals surface area contributed by atoms with Gasteiger partial charge in [-0.2, -0.15) is 0 Å². The summed E-state index contributed by atoms with van der Waals surface area (Å²) in [5.74, 6) is 0.885. The topological polar surface area (TPSA) is 9.23 Å². The van der Waals surface area contributed by atoms with Crippen molar-refractivity contribution in [2.75, 3.05) is 0 Å². The first-order chi connectivity index (χ1) is 17.4. The zero-order valence-electron chi connectivity index (χ0n) is 19.3. The quantitative estimate of drug-likeness (QED) is 0.175. The van der Waals surface area contributed by atoms with E-state index >= 15 is 0 Å². The van der Waals surface area contributed by atoms with Gasteiger partial charge in [0.25, 0.3) is 0 Å². The molecule has 0 saturated heterocycles. The fourth-order valence-electron chi connectivity index (χ4n) is 4.61. The minimum absolute atomic E-state index is 0.156. The molecule has 2 heteroatoms. The lowest BCUT2D eigenvalue weighted by atomic mass is 9.97. The van der Waals surface area contributed by atoms with Gasteiger partial charge in [-0.25, -0.2) is 0 Å². The molecule has 0 radical (unpaired) electrons. The minimum atomic E-state index is -0.156. The predicted molar refractivity (Wildman–Crippen MR) is 147 cm³/mol. The fourth-order valence-corrected chi connectivity index (χ4v) is 6.70. The van der Waals surface area contributed by atoms with Gasteiger partial charge < -0.3 is 4.74 Å². The second-order valence-corrected chi connectivity index (χ2v) is 10.5. The third-order valence-electron chi connectivity index (χ3n) is 6.28. The van der Waals surface area contributed by atoms with Crippen LogP contribution in [0.3, 0.4) is 0 Å². The molecule has 0 bridgehead atoms. The number of fused-ring (bicyclic) bond motifs is 2. The Labute approximate surface area is 209 Å². The molecule has 6 aromatic rings. The summed E-state index contributed by atoms with van der Waals surface area (Å²) in [6, 6.07) is 49.5. The van der Waals surface area contributed by atoms with Crippen molar-refractivity contribution in [1.82, 2.24) is 0 Å². The van der Waals surface area contributed by atoms with Crippen LogP contribution in [0.2, 0.25) is 0 Å². The van der Waals surface area contributed by atoms with E-state index in [-0.39, 0.29) is 10.9 Å². The molecule has 0 fully saturated rings. The van der Waals surface area contributed by atoms with Gasteiger partial charge in [0.15, 0.2) is 14.7 Å². The summed E-state index contributed by atoms with van der Waals surface area (Å²) in [4.78, 5) is 3.91. The Morgan fingerprint density at radius 3 is 1.46 bits per heavy atom. The van der Waals surface area contributed by atoms with Gasteiger partial charge in [0, 0.05) is 5.56 Å². The molecular formula is C33H25OS+. The smallest absolute Gasteiger partial charge is 0.166 e. The normalized spacial score (nSPS) is 11.2. The van der Waals surface area contributed by atoms with E-state index in [0.29, 0.717) is 6.61 Å². The summed E-state index contributed by atoms with van der Waals surface area (Å²) >= 11 is 0. The largest absolute Gasteiger partial charge is 0.489 e. The third-order valence-corrected chi connectivity index (χ3v) is 8.51. The lowest BCUT2D eigenvalue weighted by Gasteiger charge is -2.13. The Kier molecular flexibility index (Phi) is 5.96. The average Bonchev–Trinajstić information content (AvgIpc) is 2.93. The average molecular weight is 470 g/mol. The standard InChI is InChI=1S/C33H25OS/c1-3-13-28(14-4-1)35(29-15-5-2-6-16-29)30-21-19-27(20-22-30)34-24-33-31-17-9-7-11-25(31)23-26-12-8-10-18-32(26)33/h1-23H,24H2/q+1. The molecule has 1 nitrogen and oxygen atoms in total. The second kappa shape index (κ2) is 9.69. The highest BCUT2D eigenvalue weighted by molar-refractivity contribution is 7.97. The van der Waals surface area contributed by atoms with E-state index in [4.69, 9.17) is 4.74 Å². The van der Waals surface area contributed by atoms with Crippen LogP contribution >= 0.6 is 0 Å². The number of hydrogen-bond donors (Lipinski definition) is 0. The van der Waals surface area contributed by atoms with E-state index in [1.54, 1.807) is 0 Å². The van der Waals surface area contributed by atoms with Crippen LogP contribution in [0.4, 0.5) is 0 Å². The summed E-state index contributed by atoms with van der Waals surface area (Å²) in [6.07, 6.45) is 0. The van der Waals surface area contributed by atoms with E-state index in [2.05, 4.69) is 140 Å². The Hall–Kier alpha value is -4.01. The van der Waals surface area contributed by atoms with Crippen molar-refractivity contribution in [3.8, 4) is 5.75 Å². The van der Waals surface area contributed by atoms with Gasteiger partial charge in [-0.3, -0.25) is 0 Å². The van der Waals surface area contributed by atoms with Crippen LogP contribution in [0.15, 0.2) is 154 Å². The summed E-state index contributed by atoms with van der Waals surface area (Å²) < 4.78 is 6.36. The molecule has 0 aliphatic carbocycles. The fraction of sp³-hybridized carbons (Fsp3) is 0.0303. The van der Waals surface area contributed by atoms with E-state index in [0.717, 1.165) is 5.75 Å². The van der Waals surface area contributed by atoms with E-state index < -0.39 is 0 Å². The van der Waals surface area contributed by atoms with E-state index in [9.17, 15) is 0 Å². The van der Waals surface area contributed by atoms with Crippen LogP contribution in [0, 0.1) is 0 Å². The van der Waals surface area contributed by atoms with Crippen molar-refractivity contribution in [3.63, 3.8) is 0 Å². The maximum atomic E-state index is 6.36. The molecule has 35 heavy (non-hydrogen) atoms. The van der Waals surface area contributed by atoms with Crippen molar-refractivity contribution in [3.05, 3.63) is 145 Å². The van der Waals surface area contributed by atoms with E-state index in [1.807, 2.05) is 0 Å². The Morgan fingerprint density at radius 1 is 0.457 bits per heavy atom. The highest BCUT2D eigenvalue weighted by atomic mass is 32.2. The maximum absolute atomic E-state index is 6.36. The molecular weight excluding hydrogens is 444 g/mol. The zero-order chi connectivity index (χ0) is 23.5. The monoisotopic (exact) mass is 469 g/mol. The van der Waals surface area contributed by atoms with Gasteiger partial charge in [0.1, 0.15) is 12.4 Å². The van der Waals surface area contributed by atoms with Crippen molar-refractivity contribution in [2.24, 2.45) is 0 Å². The number of ether oxygens (including phenoxy) is 1. The Balaban J connectivity index is 1.31. The first kappa shape index (κ1) is 21.5.